The highest BCUT2D eigenvalue weighted by Crippen LogP contribution is 2.04. The first-order chi connectivity index (χ1) is 6.42. The highest BCUT2D eigenvalue weighted by molar-refractivity contribution is 5.36. The maximum Gasteiger partial charge on any atom is 0.179 e. The fourth-order valence-electron chi connectivity index (χ4n) is 1.29. The Bertz CT molecular complexity index is 394. The lowest BCUT2D eigenvalue weighted by atomic mass is 10.2. The molecule has 0 atom stereocenters. The van der Waals surface area contributed by atoms with Crippen molar-refractivity contribution in [2.75, 3.05) is 6.54 Å². The molecule has 0 bridgehead atoms. The van der Waals surface area contributed by atoms with Crippen LogP contribution in [0.5, 0.6) is 0 Å². The molecule has 2 rings (SSSR count). The van der Waals surface area contributed by atoms with Gasteiger partial charge in [0.1, 0.15) is 0 Å². The summed E-state index contributed by atoms with van der Waals surface area (Å²) in [6.07, 6.45) is 1.87. The van der Waals surface area contributed by atoms with E-state index in [0.29, 0.717) is 6.54 Å². The van der Waals surface area contributed by atoms with Crippen LogP contribution in [0.3, 0.4) is 0 Å². The first kappa shape index (κ1) is 8.12. The van der Waals surface area contributed by atoms with E-state index in [1.807, 2.05) is 18.2 Å². The first-order valence-corrected chi connectivity index (χ1v) is 4.28. The van der Waals surface area contributed by atoms with E-state index in [9.17, 15) is 0 Å². The summed E-state index contributed by atoms with van der Waals surface area (Å²) in [4.78, 5) is 0. The van der Waals surface area contributed by atoms with Crippen molar-refractivity contribution in [1.82, 2.24) is 20.0 Å². The number of hydrogen-bond donors (Lipinski definition) is 1. The van der Waals surface area contributed by atoms with Crippen molar-refractivity contribution in [2.45, 2.75) is 12.8 Å². The molecule has 0 spiro atoms. The number of nitrogens with zero attached hydrogens (tertiary/aromatic N) is 4. The van der Waals surface area contributed by atoms with Gasteiger partial charge in [-0.2, -0.15) is 4.52 Å². The van der Waals surface area contributed by atoms with Gasteiger partial charge in [-0.1, -0.05) is 6.07 Å². The van der Waals surface area contributed by atoms with E-state index in [2.05, 4.69) is 15.5 Å². The molecular weight excluding hydrogens is 166 g/mol. The molecule has 0 saturated heterocycles. The van der Waals surface area contributed by atoms with Crippen LogP contribution in [-0.2, 0) is 6.42 Å². The van der Waals surface area contributed by atoms with Gasteiger partial charge in [-0.3, -0.25) is 0 Å². The molecule has 68 valence electrons. The number of aromatic nitrogens is 4. The molecule has 0 aromatic carbocycles. The fourth-order valence-corrected chi connectivity index (χ4v) is 1.29. The van der Waals surface area contributed by atoms with Crippen LogP contribution >= 0.6 is 0 Å². The second kappa shape index (κ2) is 3.49. The van der Waals surface area contributed by atoms with E-state index in [-0.39, 0.29) is 0 Å². The van der Waals surface area contributed by atoms with Gasteiger partial charge >= 0.3 is 0 Å². The lowest BCUT2D eigenvalue weighted by molar-refractivity contribution is 0.737. The van der Waals surface area contributed by atoms with Crippen LogP contribution in [0.1, 0.15) is 12.1 Å². The molecule has 0 saturated carbocycles. The number of pyridine rings is 1. The Balaban J connectivity index is 2.37. The van der Waals surface area contributed by atoms with Crippen molar-refractivity contribution in [3.63, 3.8) is 0 Å². The minimum atomic E-state index is 0.693. The first-order valence-electron chi connectivity index (χ1n) is 4.28. The molecule has 2 N–H and O–H groups in total. The quantitative estimate of drug-likeness (QED) is 0.717. The van der Waals surface area contributed by atoms with Crippen LogP contribution in [0.2, 0.25) is 0 Å². The summed E-state index contributed by atoms with van der Waals surface area (Å²) in [5.74, 6) is 0. The van der Waals surface area contributed by atoms with Crippen LogP contribution in [-0.4, -0.2) is 26.6 Å². The zero-order valence-electron chi connectivity index (χ0n) is 7.22. The molecule has 0 unspecified atom stereocenters. The second-order valence-electron chi connectivity index (χ2n) is 2.86. The molecule has 5 nitrogen and oxygen atoms in total. The Morgan fingerprint density at radius 3 is 3.15 bits per heavy atom. The van der Waals surface area contributed by atoms with Gasteiger partial charge in [0, 0.05) is 5.69 Å². The van der Waals surface area contributed by atoms with Gasteiger partial charge in [0.25, 0.3) is 0 Å². The Hall–Kier alpha value is -1.49. The van der Waals surface area contributed by atoms with Crippen molar-refractivity contribution < 1.29 is 0 Å². The smallest absolute Gasteiger partial charge is 0.179 e. The van der Waals surface area contributed by atoms with Crippen LogP contribution in [0.25, 0.3) is 5.65 Å². The molecular formula is C8H11N5. The summed E-state index contributed by atoms with van der Waals surface area (Å²) >= 11 is 0. The van der Waals surface area contributed by atoms with Crippen LogP contribution < -0.4 is 5.73 Å². The number of aryl methyl sites for hydroxylation is 1. The molecule has 0 aliphatic carbocycles. The molecule has 0 fully saturated rings. The van der Waals surface area contributed by atoms with Gasteiger partial charge < -0.3 is 5.73 Å². The van der Waals surface area contributed by atoms with E-state index in [0.717, 1.165) is 24.2 Å². The summed E-state index contributed by atoms with van der Waals surface area (Å²) < 4.78 is 1.75. The van der Waals surface area contributed by atoms with E-state index in [1.165, 1.54) is 0 Å². The van der Waals surface area contributed by atoms with Crippen LogP contribution in [0.15, 0.2) is 18.2 Å². The monoisotopic (exact) mass is 177 g/mol. The summed E-state index contributed by atoms with van der Waals surface area (Å²) in [6.45, 7) is 0.693. The third-order valence-electron chi connectivity index (χ3n) is 1.94. The maximum absolute atomic E-state index is 5.43. The van der Waals surface area contributed by atoms with E-state index < -0.39 is 0 Å². The standard InChI is InChI=1S/C8H11N5/c9-6-2-4-7-3-1-5-8-10-11-12-13(7)8/h1,3,5H,2,4,6,9H2. The average molecular weight is 177 g/mol. The van der Waals surface area contributed by atoms with Crippen molar-refractivity contribution >= 4 is 5.65 Å². The number of rotatable bonds is 3. The minimum Gasteiger partial charge on any atom is -0.330 e. The number of nitrogens with two attached hydrogens (primary N) is 1. The highest BCUT2D eigenvalue weighted by Gasteiger charge is 2.01. The van der Waals surface area contributed by atoms with Gasteiger partial charge in [-0.15, -0.1) is 5.10 Å². The van der Waals surface area contributed by atoms with Gasteiger partial charge in [-0.25, -0.2) is 0 Å². The number of fused-ring (bicyclic) bond motifs is 1. The SMILES string of the molecule is NCCCc1cccc2nnnn12. The Morgan fingerprint density at radius 2 is 2.31 bits per heavy atom. The number of hydrogen-bond acceptors (Lipinski definition) is 4. The molecule has 5 heteroatoms. The molecule has 0 aliphatic rings. The lowest BCUT2D eigenvalue weighted by Crippen LogP contribution is -2.04. The second-order valence-corrected chi connectivity index (χ2v) is 2.86. The van der Waals surface area contributed by atoms with Crippen molar-refractivity contribution in [3.8, 4) is 0 Å². The fraction of sp³-hybridized carbons (Fsp3) is 0.375. The molecule has 2 aromatic heterocycles. The molecule has 2 heterocycles. The summed E-state index contributed by atoms with van der Waals surface area (Å²) in [6, 6.07) is 5.85. The molecule has 0 amide bonds. The molecule has 2 aromatic rings. The predicted molar refractivity (Wildman–Crippen MR) is 48.2 cm³/mol. The minimum absolute atomic E-state index is 0.693. The highest BCUT2D eigenvalue weighted by atomic mass is 15.5. The largest absolute Gasteiger partial charge is 0.330 e. The van der Waals surface area contributed by atoms with Gasteiger partial charge in [0.15, 0.2) is 5.65 Å². The third-order valence-corrected chi connectivity index (χ3v) is 1.94. The maximum atomic E-state index is 5.43. The molecule has 13 heavy (non-hydrogen) atoms. The third kappa shape index (κ3) is 1.50. The predicted octanol–water partition coefficient (Wildman–Crippen LogP) is 0.0156. The zero-order chi connectivity index (χ0) is 9.10. The lowest BCUT2D eigenvalue weighted by Gasteiger charge is -2.00. The van der Waals surface area contributed by atoms with Crippen LogP contribution in [0, 0.1) is 0 Å². The van der Waals surface area contributed by atoms with Crippen LogP contribution in [0.4, 0.5) is 0 Å². The Kier molecular flexibility index (Phi) is 2.18. The van der Waals surface area contributed by atoms with Gasteiger partial charge in [-0.05, 0) is 41.9 Å². The average Bonchev–Trinajstić information content (AvgIpc) is 2.62. The normalized spacial score (nSPS) is 10.8. The van der Waals surface area contributed by atoms with Gasteiger partial charge in [0.2, 0.25) is 0 Å². The van der Waals surface area contributed by atoms with Crippen molar-refractivity contribution in [3.05, 3.63) is 23.9 Å². The molecule has 0 aliphatic heterocycles. The Labute approximate surface area is 75.5 Å². The summed E-state index contributed by atoms with van der Waals surface area (Å²) in [7, 11) is 0. The van der Waals surface area contributed by atoms with E-state index in [1.54, 1.807) is 4.52 Å². The summed E-state index contributed by atoms with van der Waals surface area (Å²) in [5, 5.41) is 11.3. The van der Waals surface area contributed by atoms with Gasteiger partial charge in [0.05, 0.1) is 0 Å². The zero-order valence-corrected chi connectivity index (χ0v) is 7.22. The Morgan fingerprint density at radius 1 is 1.38 bits per heavy atom. The summed E-state index contributed by atoms with van der Waals surface area (Å²) in [5.41, 5.74) is 7.33. The van der Waals surface area contributed by atoms with E-state index >= 15 is 0 Å². The van der Waals surface area contributed by atoms with Crippen molar-refractivity contribution in [2.24, 2.45) is 5.73 Å². The van der Waals surface area contributed by atoms with E-state index in [4.69, 9.17) is 5.73 Å². The topological polar surface area (TPSA) is 69.1 Å². The molecule has 0 radical (unpaired) electrons. The van der Waals surface area contributed by atoms with Crippen molar-refractivity contribution in [1.29, 1.82) is 0 Å². The number of tetrazole rings is 1.